The van der Waals surface area contributed by atoms with Crippen LogP contribution in [0.25, 0.3) is 0 Å². The maximum Gasteiger partial charge on any atom is 0.387 e. The van der Waals surface area contributed by atoms with E-state index in [1.807, 2.05) is 22.6 Å². The number of benzene rings is 1. The molecule has 6 heteroatoms. The van der Waals surface area contributed by atoms with Gasteiger partial charge in [-0.3, -0.25) is 0 Å². The lowest BCUT2D eigenvalue weighted by Crippen LogP contribution is -2.03. The van der Waals surface area contributed by atoms with Crippen molar-refractivity contribution in [3.63, 3.8) is 0 Å². The molecule has 0 atom stereocenters. The fourth-order valence-corrected chi connectivity index (χ4v) is 2.26. The van der Waals surface area contributed by atoms with E-state index in [0.717, 1.165) is 3.57 Å². The lowest BCUT2D eigenvalue weighted by atomic mass is 10.3. The van der Waals surface area contributed by atoms with Gasteiger partial charge in [-0.15, -0.1) is 0 Å². The van der Waals surface area contributed by atoms with Gasteiger partial charge in [0.2, 0.25) is 0 Å². The van der Waals surface area contributed by atoms with Crippen molar-refractivity contribution >= 4 is 54.5 Å². The molecule has 72 valence electrons. The highest BCUT2D eigenvalue weighted by Gasteiger charge is 2.13. The van der Waals surface area contributed by atoms with Gasteiger partial charge in [-0.05, 0) is 66.6 Å². The van der Waals surface area contributed by atoms with Gasteiger partial charge in [-0.25, -0.2) is 0 Å². The summed E-state index contributed by atoms with van der Waals surface area (Å²) in [6.07, 6.45) is 0. The van der Waals surface area contributed by atoms with E-state index in [4.69, 9.17) is 0 Å². The molecule has 0 saturated heterocycles. The average Bonchev–Trinajstić information content (AvgIpc) is 2.05. The summed E-state index contributed by atoms with van der Waals surface area (Å²) >= 11 is 8.30. The minimum absolute atomic E-state index is 0.127. The first-order valence-corrected chi connectivity index (χ1v) is 5.77. The van der Waals surface area contributed by atoms with Crippen molar-refractivity contribution in [2.75, 3.05) is 0 Å². The standard InChI is InChI=1S/C7H3Br2F2IO/c8-3-1-2-4(12)5(9)6(3)13-7(10)11/h1-2,7H. The molecule has 0 aliphatic carbocycles. The van der Waals surface area contributed by atoms with E-state index in [9.17, 15) is 8.78 Å². The molecular formula is C7H3Br2F2IO. The molecule has 13 heavy (non-hydrogen) atoms. The summed E-state index contributed by atoms with van der Waals surface area (Å²) in [6.45, 7) is -2.81. The van der Waals surface area contributed by atoms with Gasteiger partial charge in [0.25, 0.3) is 0 Å². The first-order valence-electron chi connectivity index (χ1n) is 3.10. The van der Waals surface area contributed by atoms with Gasteiger partial charge in [-0.1, -0.05) is 0 Å². The Balaban J connectivity index is 3.10. The van der Waals surface area contributed by atoms with E-state index in [1.54, 1.807) is 12.1 Å². The maximum atomic E-state index is 11.9. The summed E-state index contributed by atoms with van der Waals surface area (Å²) in [7, 11) is 0. The van der Waals surface area contributed by atoms with Crippen LogP contribution >= 0.6 is 54.5 Å². The number of hydrogen-bond donors (Lipinski definition) is 0. The monoisotopic (exact) mass is 426 g/mol. The van der Waals surface area contributed by atoms with Crippen LogP contribution in [0.15, 0.2) is 21.1 Å². The van der Waals surface area contributed by atoms with Gasteiger partial charge < -0.3 is 4.74 Å². The molecule has 0 heterocycles. The minimum Gasteiger partial charge on any atom is -0.432 e. The topological polar surface area (TPSA) is 9.23 Å². The predicted octanol–water partition coefficient (Wildman–Crippen LogP) is 4.42. The number of halogens is 5. The molecule has 1 nitrogen and oxygen atoms in total. The third kappa shape index (κ3) is 3.02. The van der Waals surface area contributed by atoms with E-state index in [1.165, 1.54) is 0 Å². The number of ether oxygens (including phenoxy) is 1. The Hall–Kier alpha value is 0.570. The largest absolute Gasteiger partial charge is 0.432 e. The summed E-state index contributed by atoms with van der Waals surface area (Å²) in [5, 5.41) is 0. The van der Waals surface area contributed by atoms with E-state index in [-0.39, 0.29) is 5.75 Å². The molecule has 1 aromatic rings. The zero-order valence-corrected chi connectivity index (χ0v) is 11.4. The first-order chi connectivity index (χ1) is 6.02. The summed E-state index contributed by atoms with van der Waals surface area (Å²) in [6, 6.07) is 3.44. The Morgan fingerprint density at radius 3 is 2.46 bits per heavy atom. The second-order valence-corrected chi connectivity index (χ2v) is 4.86. The maximum absolute atomic E-state index is 11.9. The van der Waals surface area contributed by atoms with Crippen LogP contribution in [0.4, 0.5) is 8.78 Å². The predicted molar refractivity (Wildman–Crippen MR) is 61.2 cm³/mol. The Morgan fingerprint density at radius 1 is 1.31 bits per heavy atom. The van der Waals surface area contributed by atoms with Crippen molar-refractivity contribution < 1.29 is 13.5 Å². The van der Waals surface area contributed by atoms with Crippen molar-refractivity contribution in [1.29, 1.82) is 0 Å². The van der Waals surface area contributed by atoms with E-state index < -0.39 is 6.61 Å². The SMILES string of the molecule is FC(F)Oc1c(Br)ccc(I)c1Br. The highest BCUT2D eigenvalue weighted by atomic mass is 127. The van der Waals surface area contributed by atoms with Gasteiger partial charge >= 0.3 is 6.61 Å². The molecule has 0 bridgehead atoms. The third-order valence-electron chi connectivity index (χ3n) is 1.21. The zero-order chi connectivity index (χ0) is 10.0. The Bertz CT molecular complexity index is 320. The van der Waals surface area contributed by atoms with Crippen LogP contribution in [-0.4, -0.2) is 6.61 Å². The van der Waals surface area contributed by atoms with Crippen molar-refractivity contribution in [3.05, 3.63) is 24.6 Å². The molecule has 0 N–H and O–H groups in total. The number of alkyl halides is 2. The Kier molecular flexibility index (Phi) is 4.37. The molecule has 0 spiro atoms. The van der Waals surface area contributed by atoms with Crippen LogP contribution in [0.1, 0.15) is 0 Å². The smallest absolute Gasteiger partial charge is 0.387 e. The normalized spacial score (nSPS) is 10.6. The molecule has 0 aliphatic heterocycles. The second-order valence-electron chi connectivity index (χ2n) is 2.05. The summed E-state index contributed by atoms with van der Waals surface area (Å²) in [5.74, 6) is 0.127. The van der Waals surface area contributed by atoms with E-state index in [0.29, 0.717) is 8.95 Å². The second kappa shape index (κ2) is 4.88. The van der Waals surface area contributed by atoms with Gasteiger partial charge in [0, 0.05) is 3.57 Å². The van der Waals surface area contributed by atoms with Crippen LogP contribution in [0.5, 0.6) is 5.75 Å². The number of hydrogen-bond acceptors (Lipinski definition) is 1. The highest BCUT2D eigenvalue weighted by Crippen LogP contribution is 2.37. The van der Waals surface area contributed by atoms with Gasteiger partial charge in [0.05, 0.1) is 8.95 Å². The molecular weight excluding hydrogens is 425 g/mol. The van der Waals surface area contributed by atoms with E-state index >= 15 is 0 Å². The van der Waals surface area contributed by atoms with Crippen LogP contribution in [-0.2, 0) is 0 Å². The fraction of sp³-hybridized carbons (Fsp3) is 0.143. The van der Waals surface area contributed by atoms with Gasteiger partial charge in [0.15, 0.2) is 5.75 Å². The van der Waals surface area contributed by atoms with Crippen molar-refractivity contribution in [1.82, 2.24) is 0 Å². The van der Waals surface area contributed by atoms with Crippen LogP contribution in [0.3, 0.4) is 0 Å². The molecule has 0 aromatic heterocycles. The zero-order valence-electron chi connectivity index (χ0n) is 6.03. The number of rotatable bonds is 2. The van der Waals surface area contributed by atoms with Crippen molar-refractivity contribution in [3.8, 4) is 5.75 Å². The Morgan fingerprint density at radius 2 is 1.92 bits per heavy atom. The average molecular weight is 428 g/mol. The molecule has 0 unspecified atom stereocenters. The lowest BCUT2D eigenvalue weighted by molar-refractivity contribution is -0.0509. The summed E-state index contributed by atoms with van der Waals surface area (Å²) < 4.78 is 30.1. The van der Waals surface area contributed by atoms with Crippen molar-refractivity contribution in [2.24, 2.45) is 0 Å². The first kappa shape index (κ1) is 11.6. The molecule has 1 rings (SSSR count). The summed E-state index contributed by atoms with van der Waals surface area (Å²) in [4.78, 5) is 0. The minimum atomic E-state index is -2.81. The van der Waals surface area contributed by atoms with Crippen LogP contribution in [0, 0.1) is 3.57 Å². The molecule has 0 fully saturated rings. The highest BCUT2D eigenvalue weighted by molar-refractivity contribution is 14.1. The quantitative estimate of drug-likeness (QED) is 0.501. The van der Waals surface area contributed by atoms with Gasteiger partial charge in [0.1, 0.15) is 0 Å². The molecule has 0 saturated carbocycles. The van der Waals surface area contributed by atoms with Gasteiger partial charge in [-0.2, -0.15) is 8.78 Å². The Labute approximate surface area is 104 Å². The molecule has 0 aliphatic rings. The molecule has 1 aromatic carbocycles. The van der Waals surface area contributed by atoms with Crippen LogP contribution in [0.2, 0.25) is 0 Å². The van der Waals surface area contributed by atoms with Crippen molar-refractivity contribution in [2.45, 2.75) is 6.61 Å². The summed E-state index contributed by atoms with van der Waals surface area (Å²) in [5.41, 5.74) is 0. The molecule has 0 radical (unpaired) electrons. The van der Waals surface area contributed by atoms with Crippen LogP contribution < -0.4 is 4.74 Å². The lowest BCUT2D eigenvalue weighted by Gasteiger charge is -2.09. The third-order valence-corrected chi connectivity index (χ3v) is 4.26. The fourth-order valence-electron chi connectivity index (χ4n) is 0.706. The molecule has 0 amide bonds. The van der Waals surface area contributed by atoms with E-state index in [2.05, 4.69) is 36.6 Å².